The van der Waals surface area contributed by atoms with Gasteiger partial charge >= 0.3 is 11.9 Å². The molecule has 0 aliphatic heterocycles. The average Bonchev–Trinajstić information content (AvgIpc) is 2.88. The SMILES string of the molecule is CCOC(=O)CCl.CCOC(=O)COc1ccc(OC)cc1C=O.COc1ccc(O)c(C=O)c1. The summed E-state index contributed by atoms with van der Waals surface area (Å²) in [6.45, 7) is 3.94. The van der Waals surface area contributed by atoms with Crippen LogP contribution in [0.3, 0.4) is 0 Å². The van der Waals surface area contributed by atoms with Gasteiger partial charge in [0.15, 0.2) is 19.2 Å². The van der Waals surface area contributed by atoms with Crippen LogP contribution in [0.15, 0.2) is 36.4 Å². The number of ether oxygens (including phenoxy) is 5. The summed E-state index contributed by atoms with van der Waals surface area (Å²) < 4.78 is 24.1. The number of methoxy groups -OCH3 is 2. The summed E-state index contributed by atoms with van der Waals surface area (Å²) in [5, 5.41) is 9.04. The molecular weight excluding hydrogens is 484 g/mol. The Morgan fingerprint density at radius 1 is 0.857 bits per heavy atom. The molecule has 0 saturated carbocycles. The minimum Gasteiger partial charge on any atom is -0.507 e. The number of aromatic hydroxyl groups is 1. The van der Waals surface area contributed by atoms with Crippen molar-refractivity contribution in [2.45, 2.75) is 13.8 Å². The van der Waals surface area contributed by atoms with Crippen LogP contribution in [-0.2, 0) is 19.1 Å². The third kappa shape index (κ3) is 12.9. The zero-order valence-electron chi connectivity index (χ0n) is 19.9. The molecule has 2 aromatic rings. The predicted octanol–water partition coefficient (Wildman–Crippen LogP) is 3.45. The molecule has 0 atom stereocenters. The number of carbonyl (C=O) groups is 4. The van der Waals surface area contributed by atoms with Gasteiger partial charge < -0.3 is 28.8 Å². The fourth-order valence-corrected chi connectivity index (χ4v) is 2.25. The molecule has 192 valence electrons. The number of alkyl halides is 1. The minimum absolute atomic E-state index is 0.0270. The minimum atomic E-state index is -0.472. The normalized spacial score (nSPS) is 9.17. The lowest BCUT2D eigenvalue weighted by Gasteiger charge is -2.09. The highest BCUT2D eigenvalue weighted by Gasteiger charge is 2.08. The Morgan fingerprint density at radius 3 is 1.83 bits per heavy atom. The van der Waals surface area contributed by atoms with Gasteiger partial charge in [-0.3, -0.25) is 14.4 Å². The van der Waals surface area contributed by atoms with Crippen molar-refractivity contribution in [2.24, 2.45) is 0 Å². The zero-order chi connectivity index (χ0) is 26.6. The van der Waals surface area contributed by atoms with Crippen LogP contribution in [0.1, 0.15) is 34.6 Å². The van der Waals surface area contributed by atoms with E-state index in [1.165, 1.54) is 32.4 Å². The van der Waals surface area contributed by atoms with Gasteiger partial charge in [-0.15, -0.1) is 11.6 Å². The second kappa shape index (κ2) is 18.6. The molecule has 0 aliphatic rings. The van der Waals surface area contributed by atoms with Crippen molar-refractivity contribution >= 4 is 36.1 Å². The van der Waals surface area contributed by atoms with Crippen molar-refractivity contribution < 1.29 is 48.0 Å². The van der Waals surface area contributed by atoms with E-state index in [0.29, 0.717) is 48.6 Å². The molecule has 0 bridgehead atoms. The Hall–Kier alpha value is -3.79. The Balaban J connectivity index is 0.000000550. The highest BCUT2D eigenvalue weighted by molar-refractivity contribution is 6.26. The lowest BCUT2D eigenvalue weighted by atomic mass is 10.2. The van der Waals surface area contributed by atoms with Crippen molar-refractivity contribution in [3.8, 4) is 23.0 Å². The molecule has 0 heterocycles. The van der Waals surface area contributed by atoms with E-state index in [-0.39, 0.29) is 29.8 Å². The monoisotopic (exact) mass is 512 g/mol. The summed E-state index contributed by atoms with van der Waals surface area (Å²) in [7, 11) is 3.00. The molecule has 2 rings (SSSR count). The second-order valence-corrected chi connectivity index (χ2v) is 6.36. The second-order valence-electron chi connectivity index (χ2n) is 6.10. The average molecular weight is 513 g/mol. The van der Waals surface area contributed by atoms with Crippen molar-refractivity contribution in [1.29, 1.82) is 0 Å². The van der Waals surface area contributed by atoms with E-state index in [4.69, 9.17) is 35.7 Å². The van der Waals surface area contributed by atoms with Gasteiger partial charge in [-0.25, -0.2) is 4.79 Å². The Bertz CT molecular complexity index is 946. The first kappa shape index (κ1) is 31.2. The third-order valence-electron chi connectivity index (χ3n) is 3.77. The number of carbonyl (C=O) groups excluding carboxylic acids is 4. The molecule has 1 N–H and O–H groups in total. The van der Waals surface area contributed by atoms with Crippen LogP contribution in [0.4, 0.5) is 0 Å². The summed E-state index contributed by atoms with van der Waals surface area (Å²) in [5.74, 6) is 0.535. The van der Waals surface area contributed by atoms with E-state index >= 15 is 0 Å². The Morgan fingerprint density at radius 2 is 1.37 bits per heavy atom. The van der Waals surface area contributed by atoms with Crippen molar-refractivity contribution in [1.82, 2.24) is 0 Å². The van der Waals surface area contributed by atoms with E-state index < -0.39 is 5.97 Å². The summed E-state index contributed by atoms with van der Waals surface area (Å²) in [4.78, 5) is 42.2. The van der Waals surface area contributed by atoms with Gasteiger partial charge in [-0.1, -0.05) is 0 Å². The number of benzene rings is 2. The molecule has 0 spiro atoms. The maximum absolute atomic E-state index is 11.1. The number of esters is 2. The molecule has 0 amide bonds. The third-order valence-corrected chi connectivity index (χ3v) is 3.99. The first-order valence-electron chi connectivity index (χ1n) is 10.2. The van der Waals surface area contributed by atoms with Crippen molar-refractivity contribution in [3.63, 3.8) is 0 Å². The van der Waals surface area contributed by atoms with E-state index in [2.05, 4.69) is 4.74 Å². The fourth-order valence-electron chi connectivity index (χ4n) is 2.17. The van der Waals surface area contributed by atoms with Crippen molar-refractivity contribution in [3.05, 3.63) is 47.5 Å². The van der Waals surface area contributed by atoms with Gasteiger partial charge in [-0.05, 0) is 50.2 Å². The maximum atomic E-state index is 11.1. The first-order chi connectivity index (χ1) is 16.8. The maximum Gasteiger partial charge on any atom is 0.344 e. The van der Waals surface area contributed by atoms with Crippen LogP contribution in [0.25, 0.3) is 0 Å². The molecular formula is C24H29ClO10. The molecule has 35 heavy (non-hydrogen) atoms. The van der Waals surface area contributed by atoms with E-state index in [1.54, 1.807) is 32.0 Å². The molecule has 10 nitrogen and oxygen atoms in total. The summed E-state index contributed by atoms with van der Waals surface area (Å²) in [6, 6.07) is 9.23. The smallest absolute Gasteiger partial charge is 0.344 e. The summed E-state index contributed by atoms with van der Waals surface area (Å²) in [5.41, 5.74) is 0.568. The van der Waals surface area contributed by atoms with Gasteiger partial charge in [0.2, 0.25) is 0 Å². The van der Waals surface area contributed by atoms with Crippen LogP contribution < -0.4 is 14.2 Å². The standard InChI is InChI=1S/C12H14O5.C8H8O3.C4H7ClO2/c1-3-16-12(14)8-17-11-5-4-10(15-2)6-9(11)7-13;1-11-7-2-3-8(10)6(4-7)5-9;1-2-7-4(6)3-5/h4-7H,3,8H2,1-2H3;2-5,10H,1H3;2-3H2,1H3. The van der Waals surface area contributed by atoms with Crippen molar-refractivity contribution in [2.75, 3.05) is 39.9 Å². The van der Waals surface area contributed by atoms with Crippen LogP contribution in [0, 0.1) is 0 Å². The van der Waals surface area contributed by atoms with Gasteiger partial charge in [-0.2, -0.15) is 0 Å². The molecule has 0 unspecified atom stereocenters. The number of halogens is 1. The highest BCUT2D eigenvalue weighted by atomic mass is 35.5. The Kier molecular flexibility index (Phi) is 16.6. The molecule has 0 saturated heterocycles. The van der Waals surface area contributed by atoms with Gasteiger partial charge in [0.1, 0.15) is 28.9 Å². The molecule has 2 aromatic carbocycles. The molecule has 0 radical (unpaired) electrons. The summed E-state index contributed by atoms with van der Waals surface area (Å²) >= 11 is 5.06. The summed E-state index contributed by atoms with van der Waals surface area (Å²) in [6.07, 6.45) is 1.22. The quantitative estimate of drug-likeness (QED) is 0.286. The van der Waals surface area contributed by atoms with E-state index in [1.807, 2.05) is 0 Å². The van der Waals surface area contributed by atoms with Crippen LogP contribution >= 0.6 is 11.6 Å². The zero-order valence-corrected chi connectivity index (χ0v) is 20.7. The van der Waals surface area contributed by atoms with Gasteiger partial charge in [0.25, 0.3) is 0 Å². The lowest BCUT2D eigenvalue weighted by Crippen LogP contribution is -2.15. The van der Waals surface area contributed by atoms with Crippen LogP contribution in [-0.4, -0.2) is 69.5 Å². The fraction of sp³-hybridized carbons (Fsp3) is 0.333. The first-order valence-corrected chi connectivity index (χ1v) is 10.8. The molecule has 0 fully saturated rings. The van der Waals surface area contributed by atoms with Crippen LogP contribution in [0.5, 0.6) is 23.0 Å². The highest BCUT2D eigenvalue weighted by Crippen LogP contribution is 2.22. The number of hydrogen-bond acceptors (Lipinski definition) is 10. The van der Waals surface area contributed by atoms with E-state index in [0.717, 1.165) is 0 Å². The molecule has 11 heteroatoms. The largest absolute Gasteiger partial charge is 0.507 e. The Labute approximate surface area is 208 Å². The van der Waals surface area contributed by atoms with Gasteiger partial charge in [0, 0.05) is 0 Å². The number of aldehydes is 2. The van der Waals surface area contributed by atoms with E-state index in [9.17, 15) is 19.2 Å². The number of phenolic OH excluding ortho intramolecular Hbond substituents is 1. The van der Waals surface area contributed by atoms with Gasteiger partial charge in [0.05, 0.1) is 38.6 Å². The number of phenols is 1. The lowest BCUT2D eigenvalue weighted by molar-refractivity contribution is -0.145. The number of hydrogen-bond donors (Lipinski definition) is 1. The number of rotatable bonds is 10. The topological polar surface area (TPSA) is 135 Å². The molecule has 0 aromatic heterocycles. The van der Waals surface area contributed by atoms with Crippen LogP contribution in [0.2, 0.25) is 0 Å². The molecule has 0 aliphatic carbocycles. The predicted molar refractivity (Wildman–Crippen MR) is 128 cm³/mol.